The van der Waals surface area contributed by atoms with E-state index in [-0.39, 0.29) is 10.8 Å². The molecule has 3 rings (SSSR count). The molecule has 1 aliphatic rings. The minimum atomic E-state index is -3.67. The van der Waals surface area contributed by atoms with Crippen LogP contribution in [-0.4, -0.2) is 26.7 Å². The lowest BCUT2D eigenvalue weighted by Gasteiger charge is -2.11. The van der Waals surface area contributed by atoms with Gasteiger partial charge in [-0.2, -0.15) is 0 Å². The van der Waals surface area contributed by atoms with E-state index in [9.17, 15) is 13.2 Å². The van der Waals surface area contributed by atoms with Crippen LogP contribution < -0.4 is 10.0 Å². The molecule has 2 aromatic carbocycles. The molecule has 0 saturated carbocycles. The Labute approximate surface area is 159 Å². The average Bonchev–Trinajstić information content (AvgIpc) is 2.91. The molecular weight excluding hydrogens is 362 g/mol. The third kappa shape index (κ3) is 5.17. The monoisotopic (exact) mass is 385 g/mol. The molecule has 2 N–H and O–H groups in total. The van der Waals surface area contributed by atoms with Crippen molar-refractivity contribution in [3.8, 4) is 0 Å². The van der Waals surface area contributed by atoms with Crippen molar-refractivity contribution in [2.75, 3.05) is 11.9 Å². The van der Waals surface area contributed by atoms with Gasteiger partial charge in [-0.15, -0.1) is 0 Å². The molecule has 0 atom stereocenters. The summed E-state index contributed by atoms with van der Waals surface area (Å²) in [7, 11) is -3.67. The van der Waals surface area contributed by atoms with Gasteiger partial charge in [-0.05, 0) is 56.2 Å². The van der Waals surface area contributed by atoms with E-state index in [0.29, 0.717) is 30.1 Å². The minimum Gasteiger partial charge on any atom is -0.322 e. The SMILES string of the molecule is Cc1ccc(C(=O)Nc2ccc(S(=O)(=O)NC3=NCCCCC3)cc2)cc1. The number of sulfonamides is 1. The molecule has 1 heterocycles. The molecule has 0 fully saturated rings. The number of benzene rings is 2. The highest BCUT2D eigenvalue weighted by atomic mass is 32.2. The van der Waals surface area contributed by atoms with Gasteiger partial charge in [0.15, 0.2) is 0 Å². The van der Waals surface area contributed by atoms with Crippen molar-refractivity contribution >= 4 is 27.5 Å². The molecule has 0 saturated heterocycles. The van der Waals surface area contributed by atoms with Gasteiger partial charge in [0.2, 0.25) is 0 Å². The standard InChI is InChI=1S/C20H23N3O3S/c1-15-6-8-16(9-7-15)20(24)22-17-10-12-18(13-11-17)27(25,26)23-19-5-3-2-4-14-21-19/h6-13H,2-5,14H2,1H3,(H,21,23)(H,22,24). The van der Waals surface area contributed by atoms with E-state index in [0.717, 1.165) is 24.8 Å². The van der Waals surface area contributed by atoms with Crippen LogP contribution in [0.25, 0.3) is 0 Å². The van der Waals surface area contributed by atoms with Crippen LogP contribution in [0.2, 0.25) is 0 Å². The van der Waals surface area contributed by atoms with Gasteiger partial charge < -0.3 is 5.32 Å². The summed E-state index contributed by atoms with van der Waals surface area (Å²) in [6, 6.07) is 13.3. The minimum absolute atomic E-state index is 0.141. The summed E-state index contributed by atoms with van der Waals surface area (Å²) in [5.74, 6) is 0.279. The summed E-state index contributed by atoms with van der Waals surface area (Å²) in [4.78, 5) is 16.7. The summed E-state index contributed by atoms with van der Waals surface area (Å²) in [5, 5.41) is 2.77. The van der Waals surface area contributed by atoms with Crippen LogP contribution in [0.3, 0.4) is 0 Å². The fourth-order valence-electron chi connectivity index (χ4n) is 2.80. The number of aryl methyl sites for hydroxylation is 1. The number of aliphatic imine (C=N–C) groups is 1. The summed E-state index contributed by atoms with van der Waals surface area (Å²) >= 11 is 0. The maximum Gasteiger partial charge on any atom is 0.262 e. The Bertz CT molecular complexity index is 933. The highest BCUT2D eigenvalue weighted by Crippen LogP contribution is 2.16. The number of amides is 1. The van der Waals surface area contributed by atoms with E-state index in [1.54, 1.807) is 24.3 Å². The number of amidine groups is 1. The van der Waals surface area contributed by atoms with E-state index >= 15 is 0 Å². The lowest BCUT2D eigenvalue weighted by atomic mass is 10.1. The first-order chi connectivity index (χ1) is 12.9. The van der Waals surface area contributed by atoms with Gasteiger partial charge in [-0.3, -0.25) is 14.5 Å². The van der Waals surface area contributed by atoms with Crippen molar-refractivity contribution in [2.45, 2.75) is 37.5 Å². The Kier molecular flexibility index (Phi) is 5.91. The number of hydrogen-bond donors (Lipinski definition) is 2. The van der Waals surface area contributed by atoms with Gasteiger partial charge in [-0.25, -0.2) is 8.42 Å². The Hall–Kier alpha value is -2.67. The molecule has 0 radical (unpaired) electrons. The fraction of sp³-hybridized carbons (Fsp3) is 0.300. The van der Waals surface area contributed by atoms with E-state index in [4.69, 9.17) is 0 Å². The molecule has 7 heteroatoms. The number of carbonyl (C=O) groups is 1. The molecular formula is C20H23N3O3S. The van der Waals surface area contributed by atoms with E-state index < -0.39 is 10.0 Å². The topological polar surface area (TPSA) is 87.6 Å². The number of rotatable bonds is 4. The summed E-state index contributed by atoms with van der Waals surface area (Å²) < 4.78 is 27.6. The van der Waals surface area contributed by atoms with Gasteiger partial charge >= 0.3 is 0 Å². The Morgan fingerprint density at radius 3 is 2.37 bits per heavy atom. The molecule has 0 unspecified atom stereocenters. The zero-order valence-corrected chi connectivity index (χ0v) is 16.1. The lowest BCUT2D eigenvalue weighted by molar-refractivity contribution is 0.102. The third-order valence-corrected chi connectivity index (χ3v) is 5.76. The highest BCUT2D eigenvalue weighted by molar-refractivity contribution is 7.90. The van der Waals surface area contributed by atoms with Crippen LogP contribution in [-0.2, 0) is 10.0 Å². The number of nitrogens with one attached hydrogen (secondary N) is 2. The summed E-state index contributed by atoms with van der Waals surface area (Å²) in [5.41, 5.74) is 2.16. The van der Waals surface area contributed by atoms with Crippen molar-refractivity contribution in [3.05, 3.63) is 59.7 Å². The molecule has 6 nitrogen and oxygen atoms in total. The molecule has 0 aromatic heterocycles. The molecule has 0 bridgehead atoms. The smallest absolute Gasteiger partial charge is 0.262 e. The number of hydrogen-bond acceptors (Lipinski definition) is 4. The predicted molar refractivity (Wildman–Crippen MR) is 107 cm³/mol. The van der Waals surface area contributed by atoms with Crippen LogP contribution in [0.15, 0.2) is 58.4 Å². The first-order valence-corrected chi connectivity index (χ1v) is 10.5. The predicted octanol–water partition coefficient (Wildman–Crippen LogP) is 3.50. The number of carbonyl (C=O) groups excluding carboxylic acids is 1. The largest absolute Gasteiger partial charge is 0.322 e. The molecule has 0 spiro atoms. The van der Waals surface area contributed by atoms with Crippen molar-refractivity contribution in [2.24, 2.45) is 4.99 Å². The summed E-state index contributed by atoms with van der Waals surface area (Å²) in [6.45, 7) is 2.61. The Morgan fingerprint density at radius 2 is 1.67 bits per heavy atom. The molecule has 27 heavy (non-hydrogen) atoms. The zero-order chi connectivity index (χ0) is 19.3. The van der Waals surface area contributed by atoms with Crippen LogP contribution >= 0.6 is 0 Å². The average molecular weight is 385 g/mol. The molecule has 142 valence electrons. The second-order valence-electron chi connectivity index (χ2n) is 6.59. The summed E-state index contributed by atoms with van der Waals surface area (Å²) in [6.07, 6.45) is 3.62. The molecule has 0 aliphatic carbocycles. The Morgan fingerprint density at radius 1 is 0.963 bits per heavy atom. The van der Waals surface area contributed by atoms with Gasteiger partial charge in [0.25, 0.3) is 15.9 Å². The van der Waals surface area contributed by atoms with Crippen molar-refractivity contribution in [1.29, 1.82) is 0 Å². The number of anilines is 1. The van der Waals surface area contributed by atoms with E-state index in [2.05, 4.69) is 15.0 Å². The molecule has 1 aliphatic heterocycles. The highest BCUT2D eigenvalue weighted by Gasteiger charge is 2.17. The third-order valence-electron chi connectivity index (χ3n) is 4.36. The second kappa shape index (κ2) is 8.35. The van der Waals surface area contributed by atoms with Gasteiger partial charge in [0.05, 0.1) is 4.90 Å². The van der Waals surface area contributed by atoms with Gasteiger partial charge in [0, 0.05) is 24.2 Å². The van der Waals surface area contributed by atoms with Crippen LogP contribution in [0.5, 0.6) is 0 Å². The molecule has 1 amide bonds. The maximum atomic E-state index is 12.5. The van der Waals surface area contributed by atoms with Gasteiger partial charge in [-0.1, -0.05) is 24.1 Å². The van der Waals surface area contributed by atoms with Gasteiger partial charge in [0.1, 0.15) is 5.84 Å². The van der Waals surface area contributed by atoms with Crippen molar-refractivity contribution < 1.29 is 13.2 Å². The fourth-order valence-corrected chi connectivity index (χ4v) is 3.89. The van der Waals surface area contributed by atoms with Crippen LogP contribution in [0, 0.1) is 6.92 Å². The first-order valence-electron chi connectivity index (χ1n) is 8.98. The zero-order valence-electron chi connectivity index (χ0n) is 15.2. The van der Waals surface area contributed by atoms with Crippen LogP contribution in [0.4, 0.5) is 5.69 Å². The van der Waals surface area contributed by atoms with Crippen molar-refractivity contribution in [1.82, 2.24) is 4.72 Å². The quantitative estimate of drug-likeness (QED) is 0.844. The first kappa shape index (κ1) is 19.1. The van der Waals surface area contributed by atoms with Crippen molar-refractivity contribution in [3.63, 3.8) is 0 Å². The lowest BCUT2D eigenvalue weighted by Crippen LogP contribution is -2.30. The Balaban J connectivity index is 1.67. The van der Waals surface area contributed by atoms with Crippen LogP contribution in [0.1, 0.15) is 41.6 Å². The van der Waals surface area contributed by atoms with E-state index in [1.165, 1.54) is 12.1 Å². The van der Waals surface area contributed by atoms with E-state index in [1.807, 2.05) is 19.1 Å². The molecule has 2 aromatic rings. The maximum absolute atomic E-state index is 12.5. The number of nitrogens with zero attached hydrogens (tertiary/aromatic N) is 1. The second-order valence-corrected chi connectivity index (χ2v) is 8.27. The normalized spacial score (nSPS) is 14.8.